The highest BCUT2D eigenvalue weighted by Gasteiger charge is 2.15. The van der Waals surface area contributed by atoms with Crippen molar-refractivity contribution in [2.24, 2.45) is 0 Å². The molecule has 0 rings (SSSR count). The maximum absolute atomic E-state index is 11.3. The number of alkyl carbamates (subject to hydrolysis) is 1. The number of nitrogens with one attached hydrogen (secondary N) is 1. The number of carbonyl (C=O) groups is 1. The van der Waals surface area contributed by atoms with Crippen LogP contribution >= 0.6 is 11.6 Å². The summed E-state index contributed by atoms with van der Waals surface area (Å²) in [5.74, 6) is 0.670. The van der Waals surface area contributed by atoms with Crippen LogP contribution in [0.5, 0.6) is 0 Å². The van der Waals surface area contributed by atoms with E-state index in [2.05, 4.69) is 10.2 Å². The fraction of sp³-hybridized carbons (Fsp3) is 0.909. The Labute approximate surface area is 103 Å². The molecule has 0 aliphatic rings. The lowest BCUT2D eigenvalue weighted by Crippen LogP contribution is -2.37. The number of hydrogen-bond acceptors (Lipinski definition) is 3. The lowest BCUT2D eigenvalue weighted by molar-refractivity contribution is 0.0523. The molecule has 16 heavy (non-hydrogen) atoms. The molecule has 0 atom stereocenters. The van der Waals surface area contributed by atoms with E-state index in [9.17, 15) is 4.79 Å². The number of rotatable bonds is 6. The van der Waals surface area contributed by atoms with Gasteiger partial charge in [0.1, 0.15) is 5.60 Å². The van der Waals surface area contributed by atoms with Crippen molar-refractivity contribution in [3.63, 3.8) is 0 Å². The first kappa shape index (κ1) is 15.5. The Hall–Kier alpha value is -0.480. The molecule has 0 saturated heterocycles. The van der Waals surface area contributed by atoms with Crippen LogP contribution in [-0.4, -0.2) is 49.2 Å². The number of likely N-dealkylation sites (N-methyl/N-ethyl adjacent to an activating group) is 1. The van der Waals surface area contributed by atoms with Crippen LogP contribution in [0.3, 0.4) is 0 Å². The molecule has 0 bridgehead atoms. The van der Waals surface area contributed by atoms with Gasteiger partial charge in [0.05, 0.1) is 0 Å². The standard InChI is InChI=1S/C11H23ClN2O2/c1-11(2,3)16-10(15)13-7-9-14(4)8-5-6-12/h5-9H2,1-4H3,(H,13,15). The summed E-state index contributed by atoms with van der Waals surface area (Å²) < 4.78 is 5.11. The maximum atomic E-state index is 11.3. The third-order valence-corrected chi connectivity index (χ3v) is 2.10. The van der Waals surface area contributed by atoms with E-state index in [1.807, 2.05) is 27.8 Å². The summed E-state index contributed by atoms with van der Waals surface area (Å²) in [4.78, 5) is 13.4. The van der Waals surface area contributed by atoms with Crippen LogP contribution in [0, 0.1) is 0 Å². The molecule has 0 unspecified atom stereocenters. The maximum Gasteiger partial charge on any atom is 0.407 e. The molecular weight excluding hydrogens is 228 g/mol. The van der Waals surface area contributed by atoms with Crippen LogP contribution < -0.4 is 5.32 Å². The molecular formula is C11H23ClN2O2. The normalized spacial score (nSPS) is 11.6. The minimum atomic E-state index is -0.436. The number of amides is 1. The molecule has 0 aromatic rings. The molecule has 0 radical (unpaired) electrons. The summed E-state index contributed by atoms with van der Waals surface area (Å²) in [6.45, 7) is 7.88. The fourth-order valence-electron chi connectivity index (χ4n) is 1.10. The first-order valence-electron chi connectivity index (χ1n) is 5.56. The van der Waals surface area contributed by atoms with Gasteiger partial charge in [-0.15, -0.1) is 11.6 Å². The van der Waals surface area contributed by atoms with Crippen molar-refractivity contribution >= 4 is 17.7 Å². The van der Waals surface area contributed by atoms with Gasteiger partial charge >= 0.3 is 6.09 Å². The average molecular weight is 251 g/mol. The van der Waals surface area contributed by atoms with Crippen molar-refractivity contribution in [1.82, 2.24) is 10.2 Å². The van der Waals surface area contributed by atoms with Gasteiger partial charge in [0.25, 0.3) is 0 Å². The molecule has 0 aromatic heterocycles. The second-order valence-electron chi connectivity index (χ2n) is 4.77. The van der Waals surface area contributed by atoms with Crippen LogP contribution in [0.25, 0.3) is 0 Å². The Bertz CT molecular complexity index is 205. The molecule has 0 aliphatic heterocycles. The minimum Gasteiger partial charge on any atom is -0.444 e. The molecule has 4 nitrogen and oxygen atoms in total. The van der Waals surface area contributed by atoms with E-state index in [0.717, 1.165) is 19.5 Å². The first-order valence-corrected chi connectivity index (χ1v) is 6.10. The zero-order valence-corrected chi connectivity index (χ0v) is 11.4. The van der Waals surface area contributed by atoms with Gasteiger partial charge in [-0.3, -0.25) is 0 Å². The van der Waals surface area contributed by atoms with E-state index < -0.39 is 5.60 Å². The Morgan fingerprint density at radius 1 is 1.38 bits per heavy atom. The molecule has 1 amide bonds. The van der Waals surface area contributed by atoms with E-state index >= 15 is 0 Å². The van der Waals surface area contributed by atoms with Crippen LogP contribution in [0.1, 0.15) is 27.2 Å². The van der Waals surface area contributed by atoms with Crippen molar-refractivity contribution in [2.75, 3.05) is 32.6 Å². The molecule has 0 saturated carbocycles. The number of hydrogen-bond donors (Lipinski definition) is 1. The fourth-order valence-corrected chi connectivity index (χ4v) is 1.22. The predicted molar refractivity (Wildman–Crippen MR) is 67.1 cm³/mol. The second-order valence-corrected chi connectivity index (χ2v) is 5.15. The van der Waals surface area contributed by atoms with Gasteiger partial charge in [-0.05, 0) is 40.8 Å². The van der Waals surface area contributed by atoms with Crippen LogP contribution in [0.4, 0.5) is 4.79 Å². The minimum absolute atomic E-state index is 0.363. The Balaban J connectivity index is 3.54. The molecule has 0 spiro atoms. The van der Waals surface area contributed by atoms with Gasteiger partial charge in [-0.2, -0.15) is 0 Å². The topological polar surface area (TPSA) is 41.6 Å². The lowest BCUT2D eigenvalue weighted by atomic mass is 10.2. The van der Waals surface area contributed by atoms with Gasteiger partial charge in [0.15, 0.2) is 0 Å². The quantitative estimate of drug-likeness (QED) is 0.734. The number of nitrogens with zero attached hydrogens (tertiary/aromatic N) is 1. The lowest BCUT2D eigenvalue weighted by Gasteiger charge is -2.21. The highest BCUT2D eigenvalue weighted by atomic mass is 35.5. The summed E-state index contributed by atoms with van der Waals surface area (Å²) in [6.07, 6.45) is 0.600. The van der Waals surface area contributed by atoms with Crippen LogP contribution in [0.2, 0.25) is 0 Å². The zero-order chi connectivity index (χ0) is 12.6. The van der Waals surface area contributed by atoms with Crippen LogP contribution in [0.15, 0.2) is 0 Å². The predicted octanol–water partition coefficient (Wildman–Crippen LogP) is 2.07. The van der Waals surface area contributed by atoms with Crippen molar-refractivity contribution < 1.29 is 9.53 Å². The molecule has 0 fully saturated rings. The smallest absolute Gasteiger partial charge is 0.407 e. The summed E-state index contributed by atoms with van der Waals surface area (Å²) in [6, 6.07) is 0. The highest BCUT2D eigenvalue weighted by Crippen LogP contribution is 2.06. The zero-order valence-electron chi connectivity index (χ0n) is 10.7. The Kier molecular flexibility index (Phi) is 7.51. The van der Waals surface area contributed by atoms with Crippen molar-refractivity contribution in [2.45, 2.75) is 32.8 Å². The molecule has 0 heterocycles. The number of alkyl halides is 1. The molecule has 5 heteroatoms. The van der Waals surface area contributed by atoms with Gasteiger partial charge in [-0.1, -0.05) is 0 Å². The number of carbonyl (C=O) groups excluding carboxylic acids is 1. The third-order valence-electron chi connectivity index (χ3n) is 1.84. The highest BCUT2D eigenvalue weighted by molar-refractivity contribution is 6.17. The van der Waals surface area contributed by atoms with E-state index in [0.29, 0.717) is 12.4 Å². The average Bonchev–Trinajstić information content (AvgIpc) is 2.11. The van der Waals surface area contributed by atoms with Gasteiger partial charge in [0.2, 0.25) is 0 Å². The SMILES string of the molecule is CN(CCCCl)CCNC(=O)OC(C)(C)C. The third kappa shape index (κ3) is 10.1. The molecule has 0 aliphatic carbocycles. The van der Waals surface area contributed by atoms with Gasteiger partial charge in [-0.25, -0.2) is 4.79 Å². The van der Waals surface area contributed by atoms with E-state index in [-0.39, 0.29) is 6.09 Å². The van der Waals surface area contributed by atoms with E-state index in [4.69, 9.17) is 16.3 Å². The Morgan fingerprint density at radius 3 is 2.50 bits per heavy atom. The molecule has 1 N–H and O–H groups in total. The largest absolute Gasteiger partial charge is 0.444 e. The second kappa shape index (κ2) is 7.74. The molecule has 96 valence electrons. The monoisotopic (exact) mass is 250 g/mol. The molecule has 0 aromatic carbocycles. The first-order chi connectivity index (χ1) is 7.35. The number of ether oxygens (including phenoxy) is 1. The van der Waals surface area contributed by atoms with E-state index in [1.54, 1.807) is 0 Å². The summed E-state index contributed by atoms with van der Waals surface area (Å²) in [5.41, 5.74) is -0.436. The number of halogens is 1. The van der Waals surface area contributed by atoms with Crippen molar-refractivity contribution in [1.29, 1.82) is 0 Å². The van der Waals surface area contributed by atoms with Gasteiger partial charge < -0.3 is 15.0 Å². The van der Waals surface area contributed by atoms with Crippen molar-refractivity contribution in [3.05, 3.63) is 0 Å². The Morgan fingerprint density at radius 2 is 2.00 bits per heavy atom. The van der Waals surface area contributed by atoms with Crippen LogP contribution in [-0.2, 0) is 4.74 Å². The van der Waals surface area contributed by atoms with Gasteiger partial charge in [0, 0.05) is 19.0 Å². The van der Waals surface area contributed by atoms with Crippen molar-refractivity contribution in [3.8, 4) is 0 Å². The summed E-state index contributed by atoms with van der Waals surface area (Å²) >= 11 is 5.59. The summed E-state index contributed by atoms with van der Waals surface area (Å²) in [5, 5.41) is 2.71. The summed E-state index contributed by atoms with van der Waals surface area (Å²) in [7, 11) is 2.00. The van der Waals surface area contributed by atoms with E-state index in [1.165, 1.54) is 0 Å².